The molecule has 1 rings (SSSR count). The molecular formula is C13H16O3. The SMILES string of the molecule is CCCCC(=O)OC(=O)Cc1ccccc1. The molecule has 0 aromatic heterocycles. The molecule has 16 heavy (non-hydrogen) atoms. The average molecular weight is 220 g/mol. The van der Waals surface area contributed by atoms with Crippen LogP contribution in [0.1, 0.15) is 31.7 Å². The molecule has 0 N–H and O–H groups in total. The molecule has 0 saturated carbocycles. The van der Waals surface area contributed by atoms with Crippen LogP contribution in [-0.2, 0) is 20.7 Å². The third-order valence-electron chi connectivity index (χ3n) is 2.15. The van der Waals surface area contributed by atoms with Gasteiger partial charge < -0.3 is 4.74 Å². The number of hydrogen-bond acceptors (Lipinski definition) is 3. The minimum absolute atomic E-state index is 0.151. The van der Waals surface area contributed by atoms with Gasteiger partial charge in [-0.25, -0.2) is 0 Å². The molecule has 0 atom stereocenters. The molecule has 0 aliphatic heterocycles. The van der Waals surface area contributed by atoms with Crippen molar-refractivity contribution in [2.45, 2.75) is 32.6 Å². The second-order valence-corrected chi connectivity index (χ2v) is 3.61. The van der Waals surface area contributed by atoms with Gasteiger partial charge in [0, 0.05) is 6.42 Å². The molecule has 86 valence electrons. The molecule has 3 nitrogen and oxygen atoms in total. The molecule has 0 amide bonds. The molecule has 1 aromatic carbocycles. The molecular weight excluding hydrogens is 204 g/mol. The van der Waals surface area contributed by atoms with E-state index in [-0.39, 0.29) is 6.42 Å². The van der Waals surface area contributed by atoms with Crippen LogP contribution in [0.15, 0.2) is 30.3 Å². The van der Waals surface area contributed by atoms with E-state index in [4.69, 9.17) is 0 Å². The van der Waals surface area contributed by atoms with Crippen molar-refractivity contribution in [3.63, 3.8) is 0 Å². The van der Waals surface area contributed by atoms with E-state index in [9.17, 15) is 9.59 Å². The quantitative estimate of drug-likeness (QED) is 0.565. The monoisotopic (exact) mass is 220 g/mol. The summed E-state index contributed by atoms with van der Waals surface area (Å²) >= 11 is 0. The molecule has 3 heteroatoms. The zero-order valence-electron chi connectivity index (χ0n) is 9.44. The Balaban J connectivity index is 2.34. The van der Waals surface area contributed by atoms with E-state index >= 15 is 0 Å². The third kappa shape index (κ3) is 4.73. The summed E-state index contributed by atoms with van der Waals surface area (Å²) in [6, 6.07) is 9.24. The van der Waals surface area contributed by atoms with E-state index in [0.29, 0.717) is 6.42 Å². The highest BCUT2D eigenvalue weighted by Gasteiger charge is 2.10. The standard InChI is InChI=1S/C13H16O3/c1-2-3-9-12(14)16-13(15)10-11-7-5-4-6-8-11/h4-8H,2-3,9-10H2,1H3. The lowest BCUT2D eigenvalue weighted by Gasteiger charge is -2.02. The largest absolute Gasteiger partial charge is 0.393 e. The maximum Gasteiger partial charge on any atom is 0.317 e. The summed E-state index contributed by atoms with van der Waals surface area (Å²) < 4.78 is 4.68. The molecule has 0 fully saturated rings. The van der Waals surface area contributed by atoms with Crippen LogP contribution in [0.4, 0.5) is 0 Å². The van der Waals surface area contributed by atoms with Gasteiger partial charge in [0.1, 0.15) is 0 Å². The van der Waals surface area contributed by atoms with Crippen LogP contribution in [-0.4, -0.2) is 11.9 Å². The van der Waals surface area contributed by atoms with Gasteiger partial charge >= 0.3 is 11.9 Å². The van der Waals surface area contributed by atoms with E-state index in [1.807, 2.05) is 37.3 Å². The summed E-state index contributed by atoms with van der Waals surface area (Å²) in [4.78, 5) is 22.5. The average Bonchev–Trinajstić information content (AvgIpc) is 2.27. The van der Waals surface area contributed by atoms with Crippen molar-refractivity contribution in [1.29, 1.82) is 0 Å². The van der Waals surface area contributed by atoms with Gasteiger partial charge in [0.05, 0.1) is 6.42 Å². The normalized spacial score (nSPS) is 9.81. The lowest BCUT2D eigenvalue weighted by atomic mass is 10.2. The first-order valence-corrected chi connectivity index (χ1v) is 5.49. The van der Waals surface area contributed by atoms with Gasteiger partial charge in [-0.3, -0.25) is 9.59 Å². The third-order valence-corrected chi connectivity index (χ3v) is 2.15. The number of hydrogen-bond donors (Lipinski definition) is 0. The zero-order chi connectivity index (χ0) is 11.8. The fourth-order valence-electron chi connectivity index (χ4n) is 1.30. The number of esters is 2. The molecule has 1 aromatic rings. The molecule has 0 aliphatic rings. The first kappa shape index (κ1) is 12.4. The molecule has 0 heterocycles. The summed E-state index contributed by atoms with van der Waals surface area (Å²) in [5.74, 6) is -0.907. The summed E-state index contributed by atoms with van der Waals surface area (Å²) in [5.41, 5.74) is 0.857. The summed E-state index contributed by atoms with van der Waals surface area (Å²) in [7, 11) is 0. The zero-order valence-corrected chi connectivity index (χ0v) is 9.44. The second-order valence-electron chi connectivity index (χ2n) is 3.61. The predicted molar refractivity (Wildman–Crippen MR) is 60.8 cm³/mol. The minimum Gasteiger partial charge on any atom is -0.393 e. The number of benzene rings is 1. The number of carbonyl (C=O) groups is 2. The topological polar surface area (TPSA) is 43.4 Å². The Morgan fingerprint density at radius 3 is 2.44 bits per heavy atom. The van der Waals surface area contributed by atoms with E-state index in [1.165, 1.54) is 0 Å². The molecule has 0 unspecified atom stereocenters. The van der Waals surface area contributed by atoms with Crippen molar-refractivity contribution >= 4 is 11.9 Å². The van der Waals surface area contributed by atoms with Crippen LogP contribution < -0.4 is 0 Å². The fraction of sp³-hybridized carbons (Fsp3) is 0.385. The van der Waals surface area contributed by atoms with Crippen LogP contribution in [0.2, 0.25) is 0 Å². The van der Waals surface area contributed by atoms with Crippen molar-refractivity contribution in [3.8, 4) is 0 Å². The van der Waals surface area contributed by atoms with Crippen molar-refractivity contribution in [2.24, 2.45) is 0 Å². The van der Waals surface area contributed by atoms with Crippen LogP contribution in [0.5, 0.6) is 0 Å². The lowest BCUT2D eigenvalue weighted by molar-refractivity contribution is -0.159. The van der Waals surface area contributed by atoms with Gasteiger partial charge in [-0.1, -0.05) is 43.7 Å². The second kappa shape index (κ2) is 6.77. The Morgan fingerprint density at radius 2 is 1.81 bits per heavy atom. The van der Waals surface area contributed by atoms with Crippen LogP contribution in [0.3, 0.4) is 0 Å². The first-order chi connectivity index (χ1) is 7.72. The van der Waals surface area contributed by atoms with Crippen LogP contribution in [0.25, 0.3) is 0 Å². The Bertz CT molecular complexity index is 343. The first-order valence-electron chi connectivity index (χ1n) is 5.49. The van der Waals surface area contributed by atoms with Gasteiger partial charge in [-0.15, -0.1) is 0 Å². The van der Waals surface area contributed by atoms with Crippen molar-refractivity contribution in [2.75, 3.05) is 0 Å². The van der Waals surface area contributed by atoms with Gasteiger partial charge in [0.2, 0.25) is 0 Å². The van der Waals surface area contributed by atoms with E-state index < -0.39 is 11.9 Å². The smallest absolute Gasteiger partial charge is 0.317 e. The molecule has 0 radical (unpaired) electrons. The maximum absolute atomic E-state index is 11.3. The Labute approximate surface area is 95.4 Å². The number of carbonyl (C=O) groups excluding carboxylic acids is 2. The van der Waals surface area contributed by atoms with Gasteiger partial charge in [0.25, 0.3) is 0 Å². The van der Waals surface area contributed by atoms with Crippen LogP contribution >= 0.6 is 0 Å². The lowest BCUT2D eigenvalue weighted by Crippen LogP contribution is -2.14. The molecule has 0 spiro atoms. The van der Waals surface area contributed by atoms with Crippen LogP contribution in [0, 0.1) is 0 Å². The maximum atomic E-state index is 11.3. The summed E-state index contributed by atoms with van der Waals surface area (Å²) in [5, 5.41) is 0. The van der Waals surface area contributed by atoms with E-state index in [0.717, 1.165) is 18.4 Å². The van der Waals surface area contributed by atoms with E-state index in [1.54, 1.807) is 0 Å². The minimum atomic E-state index is -0.479. The fourth-order valence-corrected chi connectivity index (χ4v) is 1.30. The number of unbranched alkanes of at least 4 members (excludes halogenated alkanes) is 1. The summed E-state index contributed by atoms with van der Waals surface area (Å²) in [6.45, 7) is 1.99. The highest BCUT2D eigenvalue weighted by molar-refractivity contribution is 5.86. The Kier molecular flexibility index (Phi) is 5.26. The molecule has 0 saturated heterocycles. The molecule has 0 bridgehead atoms. The van der Waals surface area contributed by atoms with Crippen molar-refractivity contribution < 1.29 is 14.3 Å². The van der Waals surface area contributed by atoms with Crippen molar-refractivity contribution in [3.05, 3.63) is 35.9 Å². The van der Waals surface area contributed by atoms with Crippen molar-refractivity contribution in [1.82, 2.24) is 0 Å². The highest BCUT2D eigenvalue weighted by atomic mass is 16.6. The molecule has 0 aliphatic carbocycles. The van der Waals surface area contributed by atoms with Gasteiger partial charge in [-0.05, 0) is 12.0 Å². The Hall–Kier alpha value is -1.64. The number of rotatable bonds is 5. The van der Waals surface area contributed by atoms with Gasteiger partial charge in [0.15, 0.2) is 0 Å². The van der Waals surface area contributed by atoms with E-state index in [2.05, 4.69) is 4.74 Å². The van der Waals surface area contributed by atoms with Gasteiger partial charge in [-0.2, -0.15) is 0 Å². The predicted octanol–water partition coefficient (Wildman–Crippen LogP) is 2.49. The Morgan fingerprint density at radius 1 is 1.12 bits per heavy atom. The number of ether oxygens (including phenoxy) is 1. The highest BCUT2D eigenvalue weighted by Crippen LogP contribution is 2.02. The summed E-state index contributed by atoms with van der Waals surface area (Å²) in [6.07, 6.45) is 2.15.